The average molecular weight is 411 g/mol. The minimum absolute atomic E-state index is 0.0338. The van der Waals surface area contributed by atoms with Gasteiger partial charge in [-0.1, -0.05) is 31.9 Å². The molecule has 1 aromatic heterocycles. The van der Waals surface area contributed by atoms with Crippen LogP contribution < -0.4 is 5.32 Å². The number of amides is 1. The molecule has 5 nitrogen and oxygen atoms in total. The van der Waals surface area contributed by atoms with E-state index < -0.39 is 0 Å². The number of ether oxygens (including phenoxy) is 1. The van der Waals surface area contributed by atoms with Gasteiger partial charge in [0.1, 0.15) is 5.76 Å². The zero-order valence-corrected chi connectivity index (χ0v) is 18.0. The molecule has 0 radical (unpaired) electrons. The molecule has 2 aliphatic carbocycles. The Labute approximate surface area is 179 Å². The van der Waals surface area contributed by atoms with E-state index in [1.807, 2.05) is 24.3 Å². The number of nitrogens with one attached hydrogen (secondary N) is 1. The van der Waals surface area contributed by atoms with Gasteiger partial charge in [0.15, 0.2) is 0 Å². The predicted molar refractivity (Wildman–Crippen MR) is 117 cm³/mol. The minimum atomic E-state index is 0.0338. The van der Waals surface area contributed by atoms with Crippen molar-refractivity contribution in [1.82, 2.24) is 10.2 Å². The van der Waals surface area contributed by atoms with Crippen LogP contribution in [-0.4, -0.2) is 36.1 Å². The molecule has 2 unspecified atom stereocenters. The van der Waals surface area contributed by atoms with Gasteiger partial charge in [0.25, 0.3) is 5.91 Å². The Hall–Kier alpha value is -2.11. The van der Waals surface area contributed by atoms with Crippen molar-refractivity contribution in [1.29, 1.82) is 0 Å². The minimum Gasteiger partial charge on any atom is -0.468 e. The van der Waals surface area contributed by atoms with Crippen LogP contribution in [0.2, 0.25) is 0 Å². The van der Waals surface area contributed by atoms with E-state index >= 15 is 0 Å². The molecule has 1 aromatic carbocycles. The summed E-state index contributed by atoms with van der Waals surface area (Å²) in [5, 5.41) is 3.04. The van der Waals surface area contributed by atoms with Crippen LogP contribution in [0.4, 0.5) is 0 Å². The normalized spacial score (nSPS) is 21.7. The van der Waals surface area contributed by atoms with Crippen molar-refractivity contribution in [3.8, 4) is 0 Å². The van der Waals surface area contributed by atoms with Crippen LogP contribution in [0.1, 0.15) is 67.1 Å². The Morgan fingerprint density at radius 3 is 2.60 bits per heavy atom. The monoisotopic (exact) mass is 410 g/mol. The topological polar surface area (TPSA) is 54.7 Å². The molecule has 2 aliphatic rings. The van der Waals surface area contributed by atoms with E-state index in [1.54, 1.807) is 6.26 Å². The second-order valence-corrected chi connectivity index (χ2v) is 8.91. The third-order valence-corrected chi connectivity index (χ3v) is 6.27. The molecule has 0 spiro atoms. The van der Waals surface area contributed by atoms with Crippen LogP contribution >= 0.6 is 0 Å². The summed E-state index contributed by atoms with van der Waals surface area (Å²) in [6.45, 7) is 5.45. The molecule has 2 saturated carbocycles. The maximum atomic E-state index is 12.2. The summed E-state index contributed by atoms with van der Waals surface area (Å²) in [7, 11) is 0. The number of hydrogen-bond acceptors (Lipinski definition) is 4. The van der Waals surface area contributed by atoms with Crippen LogP contribution in [0.3, 0.4) is 0 Å². The van der Waals surface area contributed by atoms with Crippen LogP contribution in [0.25, 0.3) is 0 Å². The summed E-state index contributed by atoms with van der Waals surface area (Å²) < 4.78 is 11.8. The molecule has 5 heteroatoms. The first-order valence-corrected chi connectivity index (χ1v) is 11.4. The lowest BCUT2D eigenvalue weighted by Crippen LogP contribution is -2.31. The van der Waals surface area contributed by atoms with Crippen molar-refractivity contribution in [3.05, 3.63) is 59.5 Å². The maximum Gasteiger partial charge on any atom is 0.251 e. The molecule has 0 bridgehead atoms. The first-order chi connectivity index (χ1) is 14.7. The molecular weight excluding hydrogens is 376 g/mol. The van der Waals surface area contributed by atoms with Crippen LogP contribution in [0.15, 0.2) is 47.1 Å². The van der Waals surface area contributed by atoms with E-state index in [-0.39, 0.29) is 5.91 Å². The predicted octanol–water partition coefficient (Wildman–Crippen LogP) is 4.77. The fraction of sp³-hybridized carbons (Fsp3) is 0.560. The number of furan rings is 1. The lowest BCUT2D eigenvalue weighted by atomic mass is 9.88. The van der Waals surface area contributed by atoms with Crippen LogP contribution in [-0.2, 0) is 17.8 Å². The Kier molecular flexibility index (Phi) is 7.24. The number of carbonyl (C=O) groups excluding carboxylic acids is 1. The number of carbonyl (C=O) groups is 1. The van der Waals surface area contributed by atoms with E-state index in [0.717, 1.165) is 50.4 Å². The highest BCUT2D eigenvalue weighted by atomic mass is 16.5. The van der Waals surface area contributed by atoms with Gasteiger partial charge in [0.05, 0.1) is 25.5 Å². The molecule has 1 amide bonds. The lowest BCUT2D eigenvalue weighted by molar-refractivity contribution is -0.0158. The lowest BCUT2D eigenvalue weighted by Gasteiger charge is -2.30. The zero-order chi connectivity index (χ0) is 20.8. The molecule has 30 heavy (non-hydrogen) atoms. The Balaban J connectivity index is 1.32. The summed E-state index contributed by atoms with van der Waals surface area (Å²) in [5.74, 6) is 1.65. The molecule has 2 atom stereocenters. The molecule has 4 rings (SSSR count). The smallest absolute Gasteiger partial charge is 0.251 e. The Morgan fingerprint density at radius 1 is 1.10 bits per heavy atom. The summed E-state index contributed by atoms with van der Waals surface area (Å²) in [6.07, 6.45) is 9.41. The van der Waals surface area contributed by atoms with Crippen molar-refractivity contribution in [2.45, 2.75) is 70.7 Å². The number of rotatable bonds is 10. The van der Waals surface area contributed by atoms with Crippen molar-refractivity contribution in [3.63, 3.8) is 0 Å². The van der Waals surface area contributed by atoms with Gasteiger partial charge in [-0.2, -0.15) is 0 Å². The summed E-state index contributed by atoms with van der Waals surface area (Å²) in [5.41, 5.74) is 1.92. The highest BCUT2D eigenvalue weighted by Crippen LogP contribution is 2.26. The first kappa shape index (κ1) is 21.1. The fourth-order valence-electron chi connectivity index (χ4n) is 4.22. The highest BCUT2D eigenvalue weighted by molar-refractivity contribution is 5.94. The largest absolute Gasteiger partial charge is 0.468 e. The molecular formula is C25H34N2O3. The maximum absolute atomic E-state index is 12.2. The summed E-state index contributed by atoms with van der Waals surface area (Å²) in [6, 6.07) is 12.3. The van der Waals surface area contributed by atoms with E-state index in [0.29, 0.717) is 18.1 Å². The highest BCUT2D eigenvalue weighted by Gasteiger charge is 2.24. The van der Waals surface area contributed by atoms with Crippen molar-refractivity contribution < 1.29 is 13.9 Å². The quantitative estimate of drug-likeness (QED) is 0.613. The Bertz CT molecular complexity index is 783. The van der Waals surface area contributed by atoms with Crippen molar-refractivity contribution in [2.24, 2.45) is 5.92 Å². The first-order valence-electron chi connectivity index (χ1n) is 11.4. The van der Waals surface area contributed by atoms with Crippen molar-refractivity contribution >= 4 is 5.91 Å². The number of hydrogen-bond donors (Lipinski definition) is 1. The molecule has 0 saturated heterocycles. The molecule has 162 valence electrons. The number of benzene rings is 1. The van der Waals surface area contributed by atoms with Gasteiger partial charge < -0.3 is 14.5 Å². The van der Waals surface area contributed by atoms with E-state index in [9.17, 15) is 4.79 Å². The third kappa shape index (κ3) is 6.19. The average Bonchev–Trinajstić information content (AvgIpc) is 3.41. The second kappa shape index (κ2) is 10.3. The Morgan fingerprint density at radius 2 is 1.90 bits per heavy atom. The molecule has 0 aliphatic heterocycles. The molecule has 2 aromatic rings. The fourth-order valence-corrected chi connectivity index (χ4v) is 4.22. The van der Waals surface area contributed by atoms with E-state index in [2.05, 4.69) is 29.3 Å². The van der Waals surface area contributed by atoms with Gasteiger partial charge in [-0.25, -0.2) is 0 Å². The summed E-state index contributed by atoms with van der Waals surface area (Å²) in [4.78, 5) is 14.6. The van der Waals surface area contributed by atoms with Gasteiger partial charge in [-0.15, -0.1) is 0 Å². The van der Waals surface area contributed by atoms with Crippen molar-refractivity contribution in [2.75, 3.05) is 13.2 Å². The summed E-state index contributed by atoms with van der Waals surface area (Å²) >= 11 is 0. The van der Waals surface area contributed by atoms with Gasteiger partial charge >= 0.3 is 0 Å². The van der Waals surface area contributed by atoms with E-state index in [1.165, 1.54) is 31.2 Å². The third-order valence-electron chi connectivity index (χ3n) is 6.27. The second-order valence-electron chi connectivity index (χ2n) is 8.91. The van der Waals surface area contributed by atoms with Gasteiger partial charge in [0.2, 0.25) is 0 Å². The zero-order valence-electron chi connectivity index (χ0n) is 18.0. The van der Waals surface area contributed by atoms with Crippen LogP contribution in [0.5, 0.6) is 0 Å². The van der Waals surface area contributed by atoms with Gasteiger partial charge in [-0.3, -0.25) is 9.69 Å². The standard InChI is InChI=1S/C25H34N2O3/c1-19-5-2-3-7-24(19)30-16-14-27(18-23-6-4-15-29-23)17-20-8-10-21(11-9-20)25(28)26-22-12-13-22/h4,6,8-11,15,19,22,24H,2-3,5,7,12-14,16-18H2,1H3,(H,26,28). The molecule has 1 heterocycles. The SMILES string of the molecule is CC1CCCCC1OCCN(Cc1ccc(C(=O)NC2CC2)cc1)Cc1ccco1. The molecule has 1 N–H and O–H groups in total. The van der Waals surface area contributed by atoms with Crippen LogP contribution in [0, 0.1) is 5.92 Å². The van der Waals surface area contributed by atoms with E-state index in [4.69, 9.17) is 9.15 Å². The number of nitrogens with zero attached hydrogens (tertiary/aromatic N) is 1. The van der Waals surface area contributed by atoms with Gasteiger partial charge in [0, 0.05) is 24.7 Å². The van der Waals surface area contributed by atoms with Gasteiger partial charge in [-0.05, 0) is 61.4 Å². The molecule has 2 fully saturated rings.